The van der Waals surface area contributed by atoms with Crippen molar-refractivity contribution >= 4 is 5.91 Å². The topological polar surface area (TPSA) is 124 Å². The van der Waals surface area contributed by atoms with Gasteiger partial charge in [-0.15, -0.1) is 0 Å². The standard InChI is InChI=1S/C21H17N5O5/c27-18-10-14(23-25(18)11-13-6-2-1-3-7-13)20(28)22-15-12-30-17-9-5-4-8-16(17)26-19(15)24-31-21(26)29/h1-10,15,27H,11-12H2,(H,22,28)/t15-/m0/s1. The summed E-state index contributed by atoms with van der Waals surface area (Å²) in [6.07, 6.45) is 0. The van der Waals surface area contributed by atoms with E-state index in [-0.39, 0.29) is 24.0 Å². The Balaban J connectivity index is 1.40. The molecule has 31 heavy (non-hydrogen) atoms. The van der Waals surface area contributed by atoms with Crippen molar-refractivity contribution in [1.29, 1.82) is 0 Å². The largest absolute Gasteiger partial charge is 0.493 e. The van der Waals surface area contributed by atoms with Crippen LogP contribution in [-0.4, -0.2) is 37.1 Å². The minimum atomic E-state index is -0.771. The summed E-state index contributed by atoms with van der Waals surface area (Å²) in [6, 6.07) is 16.9. The first-order chi connectivity index (χ1) is 15.1. The zero-order chi connectivity index (χ0) is 21.4. The van der Waals surface area contributed by atoms with Gasteiger partial charge in [0.05, 0.1) is 12.2 Å². The second-order valence-corrected chi connectivity index (χ2v) is 6.98. The number of aromatic nitrogens is 4. The molecule has 5 rings (SSSR count). The van der Waals surface area contributed by atoms with Crippen LogP contribution >= 0.6 is 0 Å². The van der Waals surface area contributed by atoms with Gasteiger partial charge >= 0.3 is 5.76 Å². The number of carbonyl (C=O) groups is 1. The second kappa shape index (κ2) is 7.48. The summed E-state index contributed by atoms with van der Waals surface area (Å²) in [5.74, 6) is -0.704. The maximum absolute atomic E-state index is 12.8. The van der Waals surface area contributed by atoms with E-state index in [4.69, 9.17) is 9.26 Å². The second-order valence-electron chi connectivity index (χ2n) is 6.98. The number of carbonyl (C=O) groups excluding carboxylic acids is 1. The van der Waals surface area contributed by atoms with Crippen LogP contribution < -0.4 is 15.8 Å². The third-order valence-corrected chi connectivity index (χ3v) is 4.92. The van der Waals surface area contributed by atoms with Gasteiger partial charge in [0.25, 0.3) is 5.91 Å². The zero-order valence-electron chi connectivity index (χ0n) is 16.1. The van der Waals surface area contributed by atoms with Crippen molar-refractivity contribution < 1.29 is 19.2 Å². The number of aromatic hydroxyl groups is 1. The quantitative estimate of drug-likeness (QED) is 0.515. The van der Waals surface area contributed by atoms with E-state index in [1.165, 1.54) is 15.3 Å². The van der Waals surface area contributed by atoms with Gasteiger partial charge in [0.1, 0.15) is 18.4 Å². The Labute approximate surface area is 175 Å². The Morgan fingerprint density at radius 3 is 2.77 bits per heavy atom. The van der Waals surface area contributed by atoms with Crippen LogP contribution in [0.4, 0.5) is 0 Å². The van der Waals surface area contributed by atoms with Crippen molar-refractivity contribution in [2.45, 2.75) is 12.6 Å². The molecule has 0 saturated heterocycles. The third-order valence-electron chi connectivity index (χ3n) is 4.92. The molecule has 1 atom stereocenters. The molecule has 0 radical (unpaired) electrons. The van der Waals surface area contributed by atoms with Gasteiger partial charge in [-0.3, -0.25) is 9.32 Å². The van der Waals surface area contributed by atoms with E-state index in [0.717, 1.165) is 5.56 Å². The average molecular weight is 419 g/mol. The van der Waals surface area contributed by atoms with Crippen molar-refractivity contribution in [3.8, 4) is 17.3 Å². The highest BCUT2D eigenvalue weighted by molar-refractivity contribution is 5.92. The van der Waals surface area contributed by atoms with Crippen molar-refractivity contribution in [3.05, 3.63) is 88.3 Å². The Bertz CT molecular complexity index is 1310. The van der Waals surface area contributed by atoms with E-state index in [1.54, 1.807) is 24.3 Å². The summed E-state index contributed by atoms with van der Waals surface area (Å²) in [7, 11) is 0. The fraction of sp³-hybridized carbons (Fsp3) is 0.143. The van der Waals surface area contributed by atoms with Crippen LogP contribution in [0.15, 0.2) is 70.0 Å². The SMILES string of the molecule is O=C(N[C@H]1COc2ccccc2-n2c1noc2=O)c1cc(O)n(Cc2ccccc2)n1. The summed E-state index contributed by atoms with van der Waals surface area (Å²) in [5, 5.41) is 21.0. The summed E-state index contributed by atoms with van der Waals surface area (Å²) >= 11 is 0. The predicted octanol–water partition coefficient (Wildman–Crippen LogP) is 1.64. The maximum Gasteiger partial charge on any atom is 0.446 e. The molecule has 2 aromatic heterocycles. The molecule has 156 valence electrons. The molecule has 1 amide bonds. The lowest BCUT2D eigenvalue weighted by molar-refractivity contribution is 0.0913. The molecule has 4 aromatic rings. The van der Waals surface area contributed by atoms with Crippen molar-refractivity contribution in [1.82, 2.24) is 24.8 Å². The molecule has 1 aliphatic heterocycles. The summed E-state index contributed by atoms with van der Waals surface area (Å²) in [6.45, 7) is 0.343. The number of benzene rings is 2. The number of amides is 1. The smallest absolute Gasteiger partial charge is 0.446 e. The molecule has 0 aliphatic carbocycles. The van der Waals surface area contributed by atoms with Gasteiger partial charge in [0, 0.05) is 6.07 Å². The Morgan fingerprint density at radius 1 is 1.16 bits per heavy atom. The van der Waals surface area contributed by atoms with Crippen LogP contribution in [0.1, 0.15) is 27.9 Å². The molecular formula is C21H17N5O5. The Kier molecular flexibility index (Phi) is 4.51. The van der Waals surface area contributed by atoms with Gasteiger partial charge in [-0.1, -0.05) is 47.6 Å². The van der Waals surface area contributed by atoms with Crippen molar-refractivity contribution in [2.75, 3.05) is 6.61 Å². The number of hydrogen-bond donors (Lipinski definition) is 2. The fourth-order valence-corrected chi connectivity index (χ4v) is 3.44. The number of nitrogens with zero attached hydrogens (tertiary/aromatic N) is 4. The average Bonchev–Trinajstić information content (AvgIpc) is 3.29. The van der Waals surface area contributed by atoms with Crippen molar-refractivity contribution in [2.24, 2.45) is 0 Å². The van der Waals surface area contributed by atoms with E-state index in [0.29, 0.717) is 18.0 Å². The van der Waals surface area contributed by atoms with Crippen LogP contribution in [0.3, 0.4) is 0 Å². The van der Waals surface area contributed by atoms with Crippen LogP contribution in [0, 0.1) is 0 Å². The van der Waals surface area contributed by atoms with Gasteiger partial charge < -0.3 is 15.2 Å². The van der Waals surface area contributed by atoms with Gasteiger partial charge in [0.2, 0.25) is 5.88 Å². The van der Waals surface area contributed by atoms with Crippen LogP contribution in [-0.2, 0) is 6.54 Å². The Hall–Kier alpha value is -4.34. The first-order valence-electron chi connectivity index (χ1n) is 9.52. The minimum Gasteiger partial charge on any atom is -0.493 e. The number of para-hydroxylation sites is 2. The molecule has 2 N–H and O–H groups in total. The lowest BCUT2D eigenvalue weighted by Gasteiger charge is -2.14. The van der Waals surface area contributed by atoms with E-state index in [2.05, 4.69) is 15.6 Å². The first kappa shape index (κ1) is 18.7. The van der Waals surface area contributed by atoms with E-state index >= 15 is 0 Å². The lowest BCUT2D eigenvalue weighted by Crippen LogP contribution is -2.34. The van der Waals surface area contributed by atoms with Gasteiger partial charge in [-0.05, 0) is 17.7 Å². The summed E-state index contributed by atoms with van der Waals surface area (Å²) < 4.78 is 13.2. The van der Waals surface area contributed by atoms with Crippen LogP contribution in [0.2, 0.25) is 0 Å². The zero-order valence-corrected chi connectivity index (χ0v) is 16.1. The summed E-state index contributed by atoms with van der Waals surface area (Å²) in [4.78, 5) is 25.1. The van der Waals surface area contributed by atoms with Crippen LogP contribution in [0.25, 0.3) is 5.69 Å². The molecule has 2 aromatic carbocycles. The number of fused-ring (bicyclic) bond motifs is 3. The number of ether oxygens (including phenoxy) is 1. The van der Waals surface area contributed by atoms with Crippen molar-refractivity contribution in [3.63, 3.8) is 0 Å². The monoisotopic (exact) mass is 419 g/mol. The molecule has 10 heteroatoms. The normalized spacial score (nSPS) is 14.8. The maximum atomic E-state index is 12.8. The lowest BCUT2D eigenvalue weighted by atomic mass is 10.2. The highest BCUT2D eigenvalue weighted by atomic mass is 16.5. The molecule has 3 heterocycles. The molecule has 0 unspecified atom stereocenters. The molecule has 10 nitrogen and oxygen atoms in total. The Morgan fingerprint density at radius 2 is 1.94 bits per heavy atom. The summed E-state index contributed by atoms with van der Waals surface area (Å²) in [5.41, 5.74) is 1.42. The molecular weight excluding hydrogens is 402 g/mol. The highest BCUT2D eigenvalue weighted by Crippen LogP contribution is 2.28. The number of nitrogens with one attached hydrogen (secondary N) is 1. The van der Waals surface area contributed by atoms with E-state index < -0.39 is 17.7 Å². The van der Waals surface area contributed by atoms with E-state index in [1.807, 2.05) is 30.3 Å². The third kappa shape index (κ3) is 3.44. The predicted molar refractivity (Wildman–Crippen MR) is 107 cm³/mol. The van der Waals surface area contributed by atoms with Gasteiger partial charge in [-0.2, -0.15) is 5.10 Å². The fourth-order valence-electron chi connectivity index (χ4n) is 3.44. The molecule has 0 spiro atoms. The number of rotatable bonds is 4. The van der Waals surface area contributed by atoms with Gasteiger partial charge in [0.15, 0.2) is 11.5 Å². The highest BCUT2D eigenvalue weighted by Gasteiger charge is 2.30. The van der Waals surface area contributed by atoms with Crippen LogP contribution in [0.5, 0.6) is 11.6 Å². The van der Waals surface area contributed by atoms with E-state index in [9.17, 15) is 14.7 Å². The molecule has 0 bridgehead atoms. The van der Waals surface area contributed by atoms with Gasteiger partial charge in [-0.25, -0.2) is 14.0 Å². The minimum absolute atomic E-state index is 0.0209. The first-order valence-corrected chi connectivity index (χ1v) is 9.52. The molecule has 0 saturated carbocycles. The number of hydrogen-bond acceptors (Lipinski definition) is 7. The molecule has 1 aliphatic rings. The molecule has 0 fully saturated rings.